The quantitative estimate of drug-likeness (QED) is 0.210. The summed E-state index contributed by atoms with van der Waals surface area (Å²) in [6, 6.07) is 53.2. The fourth-order valence-electron chi connectivity index (χ4n) is 7.13. The van der Waals surface area contributed by atoms with Crippen LogP contribution in [0.15, 0.2) is 166 Å². The van der Waals surface area contributed by atoms with Gasteiger partial charge in [-0.1, -0.05) is 127 Å². The number of thiophene rings is 1. The fraction of sp³-hybridized carbons (Fsp3) is 0.0233. The molecule has 0 bridgehead atoms. The van der Waals surface area contributed by atoms with Crippen molar-refractivity contribution in [1.29, 1.82) is 0 Å². The number of nitrogens with zero attached hydrogens (tertiary/aromatic N) is 2. The van der Waals surface area contributed by atoms with E-state index in [2.05, 4.69) is 127 Å². The number of benzene rings is 7. The van der Waals surface area contributed by atoms with Crippen molar-refractivity contribution in [2.45, 2.75) is 6.17 Å². The van der Waals surface area contributed by atoms with Crippen LogP contribution in [0.25, 0.3) is 64.0 Å². The summed E-state index contributed by atoms with van der Waals surface area (Å²) >= 11 is 1.82. The number of nitrogens with one attached hydrogen (secondary N) is 1. The van der Waals surface area contributed by atoms with E-state index in [0.717, 1.165) is 72.2 Å². The van der Waals surface area contributed by atoms with Crippen molar-refractivity contribution in [2.24, 2.45) is 9.98 Å². The Balaban J connectivity index is 1.15. The van der Waals surface area contributed by atoms with Crippen LogP contribution in [-0.4, -0.2) is 11.7 Å². The topological polar surface area (TPSA) is 49.9 Å². The second-order valence-corrected chi connectivity index (χ2v) is 13.2. The lowest BCUT2D eigenvalue weighted by Gasteiger charge is -2.23. The number of hydrogen-bond donors (Lipinski definition) is 1. The Morgan fingerprint density at radius 3 is 2.02 bits per heavy atom. The maximum Gasteiger partial charge on any atom is 0.169 e. The van der Waals surface area contributed by atoms with Gasteiger partial charge in [-0.25, -0.2) is 9.98 Å². The summed E-state index contributed by atoms with van der Waals surface area (Å²) in [5, 5.41) is 10.7. The van der Waals surface area contributed by atoms with Crippen LogP contribution in [0.2, 0.25) is 0 Å². The van der Waals surface area contributed by atoms with Gasteiger partial charge in [0.05, 0.1) is 0 Å². The number of fused-ring (bicyclic) bond motifs is 7. The summed E-state index contributed by atoms with van der Waals surface area (Å²) in [6.07, 6.45) is -0.393. The molecule has 0 saturated heterocycles. The predicted molar refractivity (Wildman–Crippen MR) is 201 cm³/mol. The molecule has 5 heteroatoms. The standard InChI is InChI=1S/C43H27N3OS/c1-2-11-26(12-3-1)41-44-42(27-23-24-32-31-13-5-7-22-38(31)48-39(32)25-27)46-43(45-41)34-19-9-15-28-29(16-8-17-30(28)34)33-18-10-21-37-40(33)35-14-4-6-20-36(35)47-37/h1-25,42H,(H,44,45,46). The van der Waals surface area contributed by atoms with E-state index in [1.165, 1.54) is 20.2 Å². The third kappa shape index (κ3) is 4.29. The molecule has 0 radical (unpaired) electrons. The third-order valence-corrected chi connectivity index (χ3v) is 10.5. The molecule has 0 aliphatic carbocycles. The number of aliphatic imine (C=N–C) groups is 2. The van der Waals surface area contributed by atoms with Gasteiger partial charge in [0.15, 0.2) is 6.17 Å². The van der Waals surface area contributed by atoms with Crippen molar-refractivity contribution in [3.05, 3.63) is 168 Å². The second kappa shape index (κ2) is 10.8. The van der Waals surface area contributed by atoms with Crippen LogP contribution >= 0.6 is 11.3 Å². The van der Waals surface area contributed by atoms with Crippen LogP contribution in [0.4, 0.5) is 0 Å². The summed E-state index contributed by atoms with van der Waals surface area (Å²) in [7, 11) is 0. The third-order valence-electron chi connectivity index (χ3n) is 9.36. The highest BCUT2D eigenvalue weighted by Gasteiger charge is 2.23. The zero-order valence-electron chi connectivity index (χ0n) is 25.7. The van der Waals surface area contributed by atoms with Crippen LogP contribution in [0.5, 0.6) is 0 Å². The number of hydrogen-bond acceptors (Lipinski definition) is 5. The molecule has 1 unspecified atom stereocenters. The lowest BCUT2D eigenvalue weighted by Crippen LogP contribution is -2.36. The van der Waals surface area contributed by atoms with Crippen molar-refractivity contribution in [3.63, 3.8) is 0 Å². The molecule has 226 valence electrons. The Hall–Kier alpha value is -6.04. The van der Waals surface area contributed by atoms with E-state index in [4.69, 9.17) is 14.4 Å². The summed E-state index contributed by atoms with van der Waals surface area (Å²) in [4.78, 5) is 10.5. The molecule has 1 N–H and O–H groups in total. The first-order chi connectivity index (χ1) is 23.8. The Bertz CT molecular complexity index is 2770. The fourth-order valence-corrected chi connectivity index (χ4v) is 8.29. The van der Waals surface area contributed by atoms with Gasteiger partial charge in [0.2, 0.25) is 0 Å². The van der Waals surface area contributed by atoms with Gasteiger partial charge >= 0.3 is 0 Å². The Morgan fingerprint density at radius 2 is 1.12 bits per heavy atom. The molecule has 3 heterocycles. The number of rotatable bonds is 4. The first-order valence-corrected chi connectivity index (χ1v) is 16.9. The SMILES string of the molecule is c1ccc(C2=NC(c3ccc4c(c3)sc3ccccc34)N=C(c3cccc4c(-c5cccc6oc7ccccc7c56)cccc34)N2)cc1. The van der Waals surface area contributed by atoms with Gasteiger partial charge in [0.25, 0.3) is 0 Å². The van der Waals surface area contributed by atoms with Crippen molar-refractivity contribution in [2.75, 3.05) is 0 Å². The average molecular weight is 634 g/mol. The number of amidine groups is 2. The van der Waals surface area contributed by atoms with Gasteiger partial charge in [-0.15, -0.1) is 11.3 Å². The molecule has 0 fully saturated rings. The van der Waals surface area contributed by atoms with Crippen LogP contribution in [-0.2, 0) is 0 Å². The molecule has 1 atom stereocenters. The monoisotopic (exact) mass is 633 g/mol. The van der Waals surface area contributed by atoms with Crippen LogP contribution in [0.1, 0.15) is 22.9 Å². The van der Waals surface area contributed by atoms with Gasteiger partial charge < -0.3 is 9.73 Å². The van der Waals surface area contributed by atoms with Crippen molar-refractivity contribution in [1.82, 2.24) is 5.32 Å². The van der Waals surface area contributed by atoms with Crippen LogP contribution in [0, 0.1) is 0 Å². The van der Waals surface area contributed by atoms with Crippen LogP contribution < -0.4 is 5.32 Å². The molecule has 0 saturated carbocycles. The molecule has 0 amide bonds. The highest BCUT2D eigenvalue weighted by molar-refractivity contribution is 7.25. The molecule has 9 aromatic rings. The minimum absolute atomic E-state index is 0.393. The van der Waals surface area contributed by atoms with E-state index in [1.54, 1.807) is 0 Å². The highest BCUT2D eigenvalue weighted by atomic mass is 32.1. The minimum Gasteiger partial charge on any atom is -0.456 e. The Morgan fingerprint density at radius 1 is 0.479 bits per heavy atom. The van der Waals surface area contributed by atoms with Gasteiger partial charge in [-0.05, 0) is 51.7 Å². The van der Waals surface area contributed by atoms with Gasteiger partial charge in [-0.3, -0.25) is 0 Å². The molecular weight excluding hydrogens is 607 g/mol. The van der Waals surface area contributed by atoms with Crippen molar-refractivity contribution >= 4 is 75.9 Å². The molecular formula is C43H27N3OS. The van der Waals surface area contributed by atoms with E-state index in [9.17, 15) is 0 Å². The van der Waals surface area contributed by atoms with Crippen LogP contribution in [0.3, 0.4) is 0 Å². The van der Waals surface area contributed by atoms with E-state index < -0.39 is 6.17 Å². The first kappa shape index (κ1) is 27.1. The first-order valence-electron chi connectivity index (χ1n) is 16.1. The molecule has 48 heavy (non-hydrogen) atoms. The molecule has 1 aliphatic heterocycles. The zero-order valence-corrected chi connectivity index (χ0v) is 26.5. The smallest absolute Gasteiger partial charge is 0.169 e. The summed E-state index contributed by atoms with van der Waals surface area (Å²) in [5.74, 6) is 1.62. The normalized spacial score (nSPS) is 14.9. The summed E-state index contributed by atoms with van der Waals surface area (Å²) in [5.41, 5.74) is 7.23. The highest BCUT2D eigenvalue weighted by Crippen LogP contribution is 2.40. The molecule has 1 aliphatic rings. The van der Waals surface area contributed by atoms with Crippen molar-refractivity contribution in [3.8, 4) is 11.1 Å². The van der Waals surface area contributed by atoms with E-state index in [0.29, 0.717) is 0 Å². The molecule has 4 nitrogen and oxygen atoms in total. The van der Waals surface area contributed by atoms with Gasteiger partial charge in [0, 0.05) is 42.1 Å². The van der Waals surface area contributed by atoms with E-state index >= 15 is 0 Å². The zero-order chi connectivity index (χ0) is 31.6. The largest absolute Gasteiger partial charge is 0.456 e. The lowest BCUT2D eigenvalue weighted by atomic mass is 9.92. The average Bonchev–Trinajstić information content (AvgIpc) is 3.73. The minimum atomic E-state index is -0.393. The number of furan rings is 1. The predicted octanol–water partition coefficient (Wildman–Crippen LogP) is 11.3. The molecule has 0 spiro atoms. The molecule has 2 aromatic heterocycles. The lowest BCUT2D eigenvalue weighted by molar-refractivity contribution is 0.669. The summed E-state index contributed by atoms with van der Waals surface area (Å²) in [6.45, 7) is 0. The summed E-state index contributed by atoms with van der Waals surface area (Å²) < 4.78 is 8.79. The van der Waals surface area contributed by atoms with E-state index in [-0.39, 0.29) is 0 Å². The maximum atomic E-state index is 6.26. The molecule has 7 aromatic carbocycles. The maximum absolute atomic E-state index is 6.26. The van der Waals surface area contributed by atoms with Crippen molar-refractivity contribution < 1.29 is 4.42 Å². The Kier molecular flexibility index (Phi) is 6.08. The Labute approximate surface area is 280 Å². The number of para-hydroxylation sites is 1. The molecule has 10 rings (SSSR count). The van der Waals surface area contributed by atoms with E-state index in [1.807, 2.05) is 41.7 Å². The van der Waals surface area contributed by atoms with Gasteiger partial charge in [-0.2, -0.15) is 0 Å². The van der Waals surface area contributed by atoms with Gasteiger partial charge in [0.1, 0.15) is 22.8 Å². The second-order valence-electron chi connectivity index (χ2n) is 12.2.